The molecule has 0 saturated carbocycles. The summed E-state index contributed by atoms with van der Waals surface area (Å²) in [6, 6.07) is 14.0. The van der Waals surface area contributed by atoms with Crippen molar-refractivity contribution in [3.8, 4) is 5.75 Å². The van der Waals surface area contributed by atoms with Crippen molar-refractivity contribution in [1.82, 2.24) is 4.90 Å². The van der Waals surface area contributed by atoms with Crippen molar-refractivity contribution in [2.75, 3.05) is 39.5 Å². The molecule has 5 heteroatoms. The normalized spacial score (nSPS) is 20.6. The molecule has 0 N–H and O–H groups in total. The van der Waals surface area contributed by atoms with Crippen LogP contribution in [0.1, 0.15) is 6.42 Å². The van der Waals surface area contributed by atoms with E-state index in [1.165, 1.54) is 0 Å². The maximum absolute atomic E-state index is 12.2. The summed E-state index contributed by atoms with van der Waals surface area (Å²) in [5.74, 6) is 1.25. The zero-order valence-electron chi connectivity index (χ0n) is 14.2. The molecule has 1 amide bonds. The molecule has 4 rings (SSSR count). The first-order valence-electron chi connectivity index (χ1n) is 8.86. The lowest BCUT2D eigenvalue weighted by Crippen LogP contribution is -2.56. The Hall–Kier alpha value is -2.11. The van der Waals surface area contributed by atoms with Gasteiger partial charge in [-0.15, -0.1) is 0 Å². The molecule has 0 spiro atoms. The monoisotopic (exact) mass is 341 g/mol. The largest absolute Gasteiger partial charge is 0.484 e. The SMILES string of the molecule is O=C(COc1ccc2ccccc2c1)N1CC(OC[C@H]2CCOC2)C1. The molecule has 0 radical (unpaired) electrons. The van der Waals surface area contributed by atoms with Crippen molar-refractivity contribution in [1.29, 1.82) is 0 Å². The number of rotatable bonds is 6. The first-order chi connectivity index (χ1) is 12.3. The zero-order chi connectivity index (χ0) is 17.1. The number of amides is 1. The van der Waals surface area contributed by atoms with Crippen molar-refractivity contribution in [3.05, 3.63) is 42.5 Å². The number of hydrogen-bond acceptors (Lipinski definition) is 4. The highest BCUT2D eigenvalue weighted by Crippen LogP contribution is 2.21. The van der Waals surface area contributed by atoms with Gasteiger partial charge in [0, 0.05) is 25.6 Å². The highest BCUT2D eigenvalue weighted by molar-refractivity contribution is 5.84. The third-order valence-corrected chi connectivity index (χ3v) is 4.88. The van der Waals surface area contributed by atoms with E-state index in [2.05, 4.69) is 6.07 Å². The van der Waals surface area contributed by atoms with Crippen LogP contribution in [-0.4, -0.2) is 56.4 Å². The summed E-state index contributed by atoms with van der Waals surface area (Å²) >= 11 is 0. The minimum Gasteiger partial charge on any atom is -0.484 e. The van der Waals surface area contributed by atoms with E-state index in [0.29, 0.717) is 19.0 Å². The number of ether oxygens (including phenoxy) is 3. The maximum Gasteiger partial charge on any atom is 0.260 e. The molecule has 2 aliphatic heterocycles. The molecule has 5 nitrogen and oxygen atoms in total. The number of likely N-dealkylation sites (tertiary alicyclic amines) is 1. The summed E-state index contributed by atoms with van der Waals surface area (Å²) in [6.45, 7) is 3.77. The molecule has 0 unspecified atom stereocenters. The van der Waals surface area contributed by atoms with Crippen molar-refractivity contribution in [2.24, 2.45) is 5.92 Å². The van der Waals surface area contributed by atoms with Gasteiger partial charge in [0.1, 0.15) is 5.75 Å². The number of carbonyl (C=O) groups excluding carboxylic acids is 1. The van der Waals surface area contributed by atoms with Gasteiger partial charge in [-0.05, 0) is 29.3 Å². The molecule has 2 aromatic carbocycles. The van der Waals surface area contributed by atoms with Gasteiger partial charge in [0.25, 0.3) is 5.91 Å². The average Bonchev–Trinajstić information content (AvgIpc) is 3.12. The number of nitrogens with zero attached hydrogens (tertiary/aromatic N) is 1. The fourth-order valence-electron chi connectivity index (χ4n) is 3.23. The number of carbonyl (C=O) groups is 1. The summed E-state index contributed by atoms with van der Waals surface area (Å²) in [5.41, 5.74) is 0. The van der Waals surface area contributed by atoms with Crippen LogP contribution >= 0.6 is 0 Å². The molecule has 0 aliphatic carbocycles. The molecule has 2 heterocycles. The molecular weight excluding hydrogens is 318 g/mol. The van der Waals surface area contributed by atoms with Gasteiger partial charge < -0.3 is 19.1 Å². The minimum atomic E-state index is 0.0113. The van der Waals surface area contributed by atoms with Gasteiger partial charge in [0.2, 0.25) is 0 Å². The summed E-state index contributed by atoms with van der Waals surface area (Å²) in [5, 5.41) is 2.28. The highest BCUT2D eigenvalue weighted by Gasteiger charge is 2.32. The molecule has 2 fully saturated rings. The van der Waals surface area contributed by atoms with Crippen molar-refractivity contribution < 1.29 is 19.0 Å². The van der Waals surface area contributed by atoms with Gasteiger partial charge in [-0.1, -0.05) is 30.3 Å². The van der Waals surface area contributed by atoms with Gasteiger partial charge in [-0.2, -0.15) is 0 Å². The second-order valence-electron chi connectivity index (χ2n) is 6.78. The zero-order valence-corrected chi connectivity index (χ0v) is 14.2. The van der Waals surface area contributed by atoms with Crippen molar-refractivity contribution in [2.45, 2.75) is 12.5 Å². The van der Waals surface area contributed by atoms with E-state index < -0.39 is 0 Å². The number of hydrogen-bond donors (Lipinski definition) is 0. The lowest BCUT2D eigenvalue weighted by molar-refractivity contribution is -0.148. The summed E-state index contributed by atoms with van der Waals surface area (Å²) in [7, 11) is 0. The predicted octanol–water partition coefficient (Wildman–Crippen LogP) is 2.48. The first kappa shape index (κ1) is 16.4. The lowest BCUT2D eigenvalue weighted by atomic mass is 10.1. The lowest BCUT2D eigenvalue weighted by Gasteiger charge is -2.39. The van der Waals surface area contributed by atoms with Crippen LogP contribution in [0.4, 0.5) is 0 Å². The van der Waals surface area contributed by atoms with E-state index in [-0.39, 0.29) is 18.6 Å². The van der Waals surface area contributed by atoms with Gasteiger partial charge in [0.15, 0.2) is 6.61 Å². The van der Waals surface area contributed by atoms with Crippen molar-refractivity contribution in [3.63, 3.8) is 0 Å². The third kappa shape index (κ3) is 3.94. The van der Waals surface area contributed by atoms with Crippen LogP contribution in [0.25, 0.3) is 10.8 Å². The van der Waals surface area contributed by atoms with Crippen molar-refractivity contribution >= 4 is 16.7 Å². The van der Waals surface area contributed by atoms with E-state index in [1.807, 2.05) is 36.4 Å². The van der Waals surface area contributed by atoms with Crippen LogP contribution < -0.4 is 4.74 Å². The molecule has 1 atom stereocenters. The van der Waals surface area contributed by atoms with Crippen LogP contribution in [0.15, 0.2) is 42.5 Å². The van der Waals surface area contributed by atoms with Gasteiger partial charge in [-0.3, -0.25) is 4.79 Å². The fraction of sp³-hybridized carbons (Fsp3) is 0.450. The second-order valence-corrected chi connectivity index (χ2v) is 6.78. The van der Waals surface area contributed by atoms with Gasteiger partial charge >= 0.3 is 0 Å². The molecular formula is C20H23NO4. The minimum absolute atomic E-state index is 0.0113. The van der Waals surface area contributed by atoms with Crippen LogP contribution in [0.5, 0.6) is 5.75 Å². The number of fused-ring (bicyclic) bond motifs is 1. The predicted molar refractivity (Wildman–Crippen MR) is 94.7 cm³/mol. The Kier molecular flexibility index (Phi) is 4.85. The average molecular weight is 341 g/mol. The number of benzene rings is 2. The molecule has 0 aromatic heterocycles. The fourth-order valence-corrected chi connectivity index (χ4v) is 3.23. The molecule has 2 aromatic rings. The van der Waals surface area contributed by atoms with E-state index in [0.717, 1.165) is 42.8 Å². The molecule has 0 bridgehead atoms. The Balaban J connectivity index is 1.20. The second kappa shape index (κ2) is 7.42. The summed E-state index contributed by atoms with van der Waals surface area (Å²) in [6.07, 6.45) is 1.24. The molecule has 2 saturated heterocycles. The highest BCUT2D eigenvalue weighted by atomic mass is 16.5. The van der Waals surface area contributed by atoms with Gasteiger partial charge in [-0.25, -0.2) is 0 Å². The van der Waals surface area contributed by atoms with Crippen LogP contribution in [0.2, 0.25) is 0 Å². The van der Waals surface area contributed by atoms with Crippen LogP contribution in [-0.2, 0) is 14.3 Å². The molecule has 132 valence electrons. The maximum atomic E-state index is 12.2. The molecule has 2 aliphatic rings. The summed E-state index contributed by atoms with van der Waals surface area (Å²) in [4.78, 5) is 14.0. The Morgan fingerprint density at radius 1 is 1.16 bits per heavy atom. The smallest absolute Gasteiger partial charge is 0.260 e. The Morgan fingerprint density at radius 2 is 2.00 bits per heavy atom. The Labute approximate surface area is 147 Å². The third-order valence-electron chi connectivity index (χ3n) is 4.88. The van der Waals surface area contributed by atoms with E-state index in [1.54, 1.807) is 4.90 Å². The van der Waals surface area contributed by atoms with Gasteiger partial charge in [0.05, 0.1) is 19.3 Å². The topological polar surface area (TPSA) is 48.0 Å². The Morgan fingerprint density at radius 3 is 2.80 bits per heavy atom. The van der Waals surface area contributed by atoms with E-state index in [4.69, 9.17) is 14.2 Å². The molecule has 25 heavy (non-hydrogen) atoms. The standard InChI is InChI=1S/C20H23NO4/c22-20(21-10-19(11-21)24-13-15-7-8-23-12-15)14-25-18-6-5-16-3-1-2-4-17(16)9-18/h1-6,9,15,19H,7-8,10-14H2/t15-/m0/s1. The van der Waals surface area contributed by atoms with Crippen LogP contribution in [0, 0.1) is 5.92 Å². The summed E-state index contributed by atoms with van der Waals surface area (Å²) < 4.78 is 16.8. The quantitative estimate of drug-likeness (QED) is 0.810. The Bertz CT molecular complexity index is 735. The van der Waals surface area contributed by atoms with E-state index >= 15 is 0 Å². The van der Waals surface area contributed by atoms with Crippen LogP contribution in [0.3, 0.4) is 0 Å². The first-order valence-corrected chi connectivity index (χ1v) is 8.86. The van der Waals surface area contributed by atoms with E-state index in [9.17, 15) is 4.79 Å².